The van der Waals surface area contributed by atoms with Gasteiger partial charge >= 0.3 is 31.4 Å². The Morgan fingerprint density at radius 3 is 1.00 bits per heavy atom. The van der Waals surface area contributed by atoms with Crippen LogP contribution in [0.15, 0.2) is 158 Å². The van der Waals surface area contributed by atoms with Gasteiger partial charge in [-0.15, -0.1) is 0 Å². The molecule has 4 aromatic heterocycles. The predicted octanol–water partition coefficient (Wildman–Crippen LogP) is 20.7. The van der Waals surface area contributed by atoms with E-state index in [2.05, 4.69) is 171 Å². The number of hydrogen-bond acceptors (Lipinski definition) is 8. The number of aromatic nitrogens is 4. The van der Waals surface area contributed by atoms with Crippen LogP contribution in [0.1, 0.15) is 199 Å². The van der Waals surface area contributed by atoms with Crippen LogP contribution in [-0.2, 0) is 30.3 Å². The van der Waals surface area contributed by atoms with Gasteiger partial charge in [0, 0.05) is 35.6 Å². The van der Waals surface area contributed by atoms with Gasteiger partial charge in [-0.05, 0) is 153 Å². The minimum absolute atomic E-state index is 0. The van der Waals surface area contributed by atoms with Crippen molar-refractivity contribution < 1.29 is 39.3 Å². The fraction of sp³-hybridized carbons (Fsp3) is 0.351. The summed E-state index contributed by atoms with van der Waals surface area (Å²) in [6.07, 6.45) is 32.2. The summed E-state index contributed by atoms with van der Waals surface area (Å²) in [6.45, 7) is 9.29. The average Bonchev–Trinajstić information content (AvgIpc) is 1.63. The minimum Gasteiger partial charge on any atom is -0.753 e. The number of carbonyl (C=O) groups is 2. The van der Waals surface area contributed by atoms with Crippen molar-refractivity contribution in [2.24, 2.45) is 0 Å². The molecule has 4 aromatic carbocycles. The van der Waals surface area contributed by atoms with Crippen LogP contribution in [0.3, 0.4) is 0 Å². The Morgan fingerprint density at radius 2 is 0.678 bits per heavy atom. The van der Waals surface area contributed by atoms with Gasteiger partial charge in [-0.2, -0.15) is 10.3 Å². The van der Waals surface area contributed by atoms with Crippen molar-refractivity contribution in [1.29, 1.82) is 0 Å². The Bertz CT molecular complexity index is 3370. The number of isothiocyanates is 2. The monoisotopic (exact) mass is 1280 g/mol. The van der Waals surface area contributed by atoms with Crippen LogP contribution < -0.4 is 0 Å². The van der Waals surface area contributed by atoms with Crippen LogP contribution >= 0.6 is 24.4 Å². The van der Waals surface area contributed by atoms with Crippen molar-refractivity contribution in [2.75, 3.05) is 0 Å². The molecule has 0 fully saturated rings. The summed E-state index contributed by atoms with van der Waals surface area (Å²) in [5.74, 6) is -2.15. The van der Waals surface area contributed by atoms with Crippen LogP contribution in [0.25, 0.3) is 78.1 Å². The first-order chi connectivity index (χ1) is 42.0. The number of thiocarbonyl (C=S) groups is 2. The summed E-state index contributed by atoms with van der Waals surface area (Å²) in [6, 6.07) is 47.6. The van der Waals surface area contributed by atoms with Gasteiger partial charge in [0.15, 0.2) is 0 Å². The molecule has 0 unspecified atom stereocenters. The molecule has 2 N–H and O–H groups in total. The molecule has 0 spiro atoms. The van der Waals surface area contributed by atoms with Crippen LogP contribution in [0.4, 0.5) is 0 Å². The van der Waals surface area contributed by atoms with E-state index in [1.54, 1.807) is 11.1 Å². The predicted molar refractivity (Wildman–Crippen MR) is 359 cm³/mol. The molecule has 0 saturated carbocycles. The molecule has 13 heteroatoms. The summed E-state index contributed by atoms with van der Waals surface area (Å²) in [7, 11) is 0. The molecule has 87 heavy (non-hydrogen) atoms. The second-order valence-electron chi connectivity index (χ2n) is 22.5. The number of pyridine rings is 4. The number of rotatable bonds is 26. The maximum absolute atomic E-state index is 10.8. The first kappa shape index (κ1) is 68.8. The van der Waals surface area contributed by atoms with Crippen molar-refractivity contribution in [3.8, 4) is 67.3 Å². The van der Waals surface area contributed by atoms with Gasteiger partial charge in [0.25, 0.3) is 0 Å². The SMILES string of the molecule is CCCCCCC1(CCCCCC)c2ccccc2-c2ccc(-c3ccnc(-c4cc(-c5ccc6c(c5)C(CCCCCC)(CCCCCC)c5ccccc5-6)ccn4)c3)cc21.O=C(O)c1ccnc(-c2cc(C(=O)O)ccn2)c1.[N-]=C=S.[N-]=C=S.[Ru+2]. The zero-order chi connectivity index (χ0) is 61.3. The van der Waals surface area contributed by atoms with Crippen molar-refractivity contribution in [2.45, 2.75) is 167 Å². The number of carboxylic acids is 2. The number of unbranched alkanes of at least 4 members (excludes halogenated alkanes) is 12. The maximum Gasteiger partial charge on any atom is 2.00 e. The van der Waals surface area contributed by atoms with Crippen LogP contribution in [0.2, 0.25) is 0 Å². The Kier molecular flexibility index (Phi) is 27.5. The second kappa shape index (κ2) is 34.8. The van der Waals surface area contributed by atoms with E-state index in [0.717, 1.165) is 11.4 Å². The van der Waals surface area contributed by atoms with Crippen LogP contribution in [0.5, 0.6) is 0 Å². The Hall–Kier alpha value is -7.36. The summed E-state index contributed by atoms with van der Waals surface area (Å²) in [4.78, 5) is 39.5. The molecule has 2 aliphatic rings. The zero-order valence-corrected chi connectivity index (χ0v) is 54.1. The zero-order valence-electron chi connectivity index (χ0n) is 50.7. The molecule has 4 heterocycles. The molecular weight excluding hydrogens is 1200 g/mol. The van der Waals surface area contributed by atoms with Crippen molar-refractivity contribution in [3.63, 3.8) is 0 Å². The standard InChI is InChI=1S/C60H72N2.C12H8N2O4.2CNS.Ru/c1-5-9-13-21-35-59(36-22-14-10-6-2)53-27-19-17-25-49(53)51-31-29-45(41-55(51)59)47-33-39-61-57(43-47)58-44-48(34-40-62-58)46-30-32-52-50-26-18-20-28-54(50)60(56(52)42-46,37-23-15-11-7-3)38-24-16-12-8-4;15-11(16)7-1-3-13-9(5-7)10-6-8(12(17)18)2-4-14-10;2*2-1-3;/h17-20,25-34,39-44H,5-16,21-24,35-38H2,1-4H3;1-6H,(H,15,16)(H,17,18);;;/q;;2*-1;+2. The van der Waals surface area contributed by atoms with E-state index < -0.39 is 11.9 Å². The molecule has 0 bridgehead atoms. The van der Waals surface area contributed by atoms with Crippen LogP contribution in [0, 0.1) is 0 Å². The molecule has 2 aliphatic carbocycles. The fourth-order valence-electron chi connectivity index (χ4n) is 12.9. The van der Waals surface area contributed by atoms with Gasteiger partial charge < -0.3 is 21.0 Å². The third-order valence-corrected chi connectivity index (χ3v) is 17.1. The third-order valence-electron chi connectivity index (χ3n) is 17.1. The minimum atomic E-state index is -1.08. The number of aromatic carboxylic acids is 2. The van der Waals surface area contributed by atoms with Crippen molar-refractivity contribution in [3.05, 3.63) is 202 Å². The van der Waals surface area contributed by atoms with E-state index in [0.29, 0.717) is 11.4 Å². The molecule has 8 aromatic rings. The first-order valence-corrected chi connectivity index (χ1v) is 31.6. The quantitative estimate of drug-likeness (QED) is 0.0230. The molecule has 0 radical (unpaired) electrons. The van der Waals surface area contributed by atoms with Crippen molar-refractivity contribution >= 4 is 46.7 Å². The van der Waals surface area contributed by atoms with E-state index in [9.17, 15) is 9.59 Å². The smallest absolute Gasteiger partial charge is 0.753 e. The number of nitrogens with zero attached hydrogens (tertiary/aromatic N) is 6. The topological polar surface area (TPSA) is 171 Å². The van der Waals surface area contributed by atoms with Gasteiger partial charge in [-0.25, -0.2) is 9.59 Å². The Labute approximate surface area is 539 Å². The van der Waals surface area contributed by atoms with E-state index in [1.807, 2.05) is 12.4 Å². The molecule has 0 saturated heterocycles. The third kappa shape index (κ3) is 17.0. The van der Waals surface area contributed by atoms with Gasteiger partial charge in [-0.3, -0.25) is 19.9 Å². The second-order valence-corrected chi connectivity index (χ2v) is 22.9. The summed E-state index contributed by atoms with van der Waals surface area (Å²) >= 11 is 7.40. The normalized spacial score (nSPS) is 12.3. The molecule has 0 amide bonds. The number of benzene rings is 4. The van der Waals surface area contributed by atoms with Gasteiger partial charge in [-0.1, -0.05) is 228 Å². The van der Waals surface area contributed by atoms with Gasteiger partial charge in [0.2, 0.25) is 0 Å². The molecule has 450 valence electrons. The maximum atomic E-state index is 10.8. The largest absolute Gasteiger partial charge is 2.00 e. The van der Waals surface area contributed by atoms with E-state index in [-0.39, 0.29) is 41.4 Å². The molecule has 10 nitrogen and oxygen atoms in total. The fourth-order valence-corrected chi connectivity index (χ4v) is 12.9. The van der Waals surface area contributed by atoms with Crippen LogP contribution in [-0.4, -0.2) is 52.4 Å². The Balaban J connectivity index is 0.000000405. The number of fused-ring (bicyclic) bond motifs is 6. The molecule has 10 rings (SSSR count). The summed E-state index contributed by atoms with van der Waals surface area (Å²) in [5.41, 5.74) is 19.6. The summed E-state index contributed by atoms with van der Waals surface area (Å²) < 4.78 is 0. The Morgan fingerprint density at radius 1 is 0.391 bits per heavy atom. The first-order valence-electron chi connectivity index (χ1n) is 30.8. The average molecular weight is 1280 g/mol. The summed E-state index contributed by atoms with van der Waals surface area (Å²) in [5, 5.41) is 34.6. The molecule has 0 atom stereocenters. The van der Waals surface area contributed by atoms with E-state index in [1.165, 1.54) is 231 Å². The van der Waals surface area contributed by atoms with Gasteiger partial charge in [0.05, 0.1) is 33.9 Å². The number of hydrogen-bond donors (Lipinski definition) is 2. The van der Waals surface area contributed by atoms with Gasteiger partial charge in [0.1, 0.15) is 0 Å². The van der Waals surface area contributed by atoms with Crippen molar-refractivity contribution in [1.82, 2.24) is 19.9 Å². The molecular formula is C74H80N6O4RuS2. The van der Waals surface area contributed by atoms with E-state index in [4.69, 9.17) is 31.0 Å². The van der Waals surface area contributed by atoms with E-state index >= 15 is 0 Å². The number of carboxylic acid groups (broad SMARTS) is 2. The molecule has 0 aliphatic heterocycles.